The molecule has 1 aliphatic heterocycles. The third-order valence-corrected chi connectivity index (χ3v) is 4.75. The van der Waals surface area contributed by atoms with Crippen LogP contribution in [0.4, 0.5) is 0 Å². The molecular weight excluding hydrogens is 268 g/mol. The molecule has 1 aromatic rings. The molecule has 1 heterocycles. The summed E-state index contributed by atoms with van der Waals surface area (Å²) in [5.41, 5.74) is 2.80. The summed E-state index contributed by atoms with van der Waals surface area (Å²) in [4.78, 5) is 5.25. The van der Waals surface area contributed by atoms with Gasteiger partial charge >= 0.3 is 0 Å². The quantitative estimate of drug-likeness (QED) is 0.660. The van der Waals surface area contributed by atoms with Crippen LogP contribution in [0.1, 0.15) is 50.7 Å². The van der Waals surface area contributed by atoms with Crippen LogP contribution in [0, 0.1) is 12.8 Å². The number of unbranched alkanes of at least 4 members (excludes halogenated alkanes) is 2. The van der Waals surface area contributed by atoms with E-state index in [1.165, 1.54) is 69.5 Å². The highest BCUT2D eigenvalue weighted by Gasteiger charge is 2.16. The molecule has 22 heavy (non-hydrogen) atoms. The Morgan fingerprint density at radius 1 is 0.864 bits per heavy atom. The fourth-order valence-corrected chi connectivity index (χ4v) is 3.19. The number of rotatable bonds is 8. The van der Waals surface area contributed by atoms with Gasteiger partial charge in [-0.2, -0.15) is 0 Å². The molecule has 0 radical (unpaired) electrons. The van der Waals surface area contributed by atoms with E-state index in [1.807, 2.05) is 0 Å². The molecule has 0 spiro atoms. The minimum atomic E-state index is 0.866. The third-order valence-electron chi connectivity index (χ3n) is 4.75. The van der Waals surface area contributed by atoms with Gasteiger partial charge in [-0.1, -0.05) is 62.9 Å². The van der Waals surface area contributed by atoms with Crippen molar-refractivity contribution in [2.75, 3.05) is 32.7 Å². The van der Waals surface area contributed by atoms with Gasteiger partial charge in [0.2, 0.25) is 0 Å². The maximum absolute atomic E-state index is 2.65. The molecule has 0 aromatic heterocycles. The second-order valence-corrected chi connectivity index (χ2v) is 7.35. The molecular formula is C20H34N2. The van der Waals surface area contributed by atoms with Gasteiger partial charge in [0.15, 0.2) is 0 Å². The van der Waals surface area contributed by atoms with Crippen LogP contribution < -0.4 is 0 Å². The monoisotopic (exact) mass is 302 g/mol. The third kappa shape index (κ3) is 6.50. The molecule has 0 amide bonds. The summed E-state index contributed by atoms with van der Waals surface area (Å²) in [5, 5.41) is 0. The van der Waals surface area contributed by atoms with E-state index in [1.54, 1.807) is 0 Å². The zero-order valence-electron chi connectivity index (χ0n) is 14.9. The van der Waals surface area contributed by atoms with Crippen molar-refractivity contribution in [3.63, 3.8) is 0 Å². The molecule has 1 fully saturated rings. The second-order valence-electron chi connectivity index (χ2n) is 7.35. The number of benzene rings is 1. The standard InChI is InChI=1S/C20H34N2/c1-18(2)7-5-4-6-12-21-13-15-22(16-14-21)17-20-10-8-19(3)9-11-20/h8-11,18H,4-7,12-17H2,1-3H3. The highest BCUT2D eigenvalue weighted by Crippen LogP contribution is 2.12. The SMILES string of the molecule is Cc1ccc(CN2CCN(CCCCCC(C)C)CC2)cc1. The molecule has 2 nitrogen and oxygen atoms in total. The van der Waals surface area contributed by atoms with Gasteiger partial charge in [-0.3, -0.25) is 4.90 Å². The average Bonchev–Trinajstić information content (AvgIpc) is 2.50. The van der Waals surface area contributed by atoms with Crippen LogP contribution in [0.15, 0.2) is 24.3 Å². The molecule has 0 unspecified atom stereocenters. The Labute approximate surface area is 137 Å². The van der Waals surface area contributed by atoms with E-state index in [9.17, 15) is 0 Å². The van der Waals surface area contributed by atoms with Gasteiger partial charge < -0.3 is 4.90 Å². The Morgan fingerprint density at radius 2 is 1.50 bits per heavy atom. The lowest BCUT2D eigenvalue weighted by atomic mass is 10.1. The molecule has 1 aliphatic rings. The molecule has 0 bridgehead atoms. The van der Waals surface area contributed by atoms with Crippen LogP contribution in [0.5, 0.6) is 0 Å². The van der Waals surface area contributed by atoms with Crippen LogP contribution in [0.25, 0.3) is 0 Å². The molecule has 0 aliphatic carbocycles. The van der Waals surface area contributed by atoms with Crippen LogP contribution >= 0.6 is 0 Å². The second kappa shape index (κ2) is 9.32. The van der Waals surface area contributed by atoms with Crippen LogP contribution in [-0.2, 0) is 6.54 Å². The molecule has 0 N–H and O–H groups in total. The van der Waals surface area contributed by atoms with Gasteiger partial charge in [0.25, 0.3) is 0 Å². The van der Waals surface area contributed by atoms with Crippen LogP contribution in [-0.4, -0.2) is 42.5 Å². The van der Waals surface area contributed by atoms with Crippen molar-refractivity contribution in [1.82, 2.24) is 9.80 Å². The van der Waals surface area contributed by atoms with Crippen molar-refractivity contribution in [3.8, 4) is 0 Å². The summed E-state index contributed by atoms with van der Waals surface area (Å²) in [6, 6.07) is 9.00. The molecule has 2 heteroatoms. The summed E-state index contributed by atoms with van der Waals surface area (Å²) in [5.74, 6) is 0.866. The maximum Gasteiger partial charge on any atom is 0.0234 e. The van der Waals surface area contributed by atoms with E-state index in [4.69, 9.17) is 0 Å². The lowest BCUT2D eigenvalue weighted by molar-refractivity contribution is 0.125. The Balaban J connectivity index is 1.58. The van der Waals surface area contributed by atoms with Gasteiger partial charge in [-0.25, -0.2) is 0 Å². The number of aryl methyl sites for hydroxylation is 1. The van der Waals surface area contributed by atoms with E-state index in [2.05, 4.69) is 54.8 Å². The first kappa shape index (κ1) is 17.5. The molecule has 2 rings (SSSR count). The number of hydrogen-bond donors (Lipinski definition) is 0. The van der Waals surface area contributed by atoms with Gasteiger partial charge in [0, 0.05) is 32.7 Å². The van der Waals surface area contributed by atoms with Gasteiger partial charge in [0.05, 0.1) is 0 Å². The van der Waals surface area contributed by atoms with Crippen molar-refractivity contribution in [2.45, 2.75) is 53.0 Å². The normalized spacial score (nSPS) is 17.3. The molecule has 0 saturated carbocycles. The van der Waals surface area contributed by atoms with E-state index in [0.29, 0.717) is 0 Å². The zero-order valence-corrected chi connectivity index (χ0v) is 14.9. The minimum Gasteiger partial charge on any atom is -0.301 e. The number of nitrogens with zero attached hydrogens (tertiary/aromatic N) is 2. The zero-order chi connectivity index (χ0) is 15.8. The maximum atomic E-state index is 2.65. The van der Waals surface area contributed by atoms with Gasteiger partial charge in [-0.05, 0) is 31.4 Å². The predicted octanol–water partition coefficient (Wildman–Crippen LogP) is 4.33. The minimum absolute atomic E-state index is 0.866. The first-order valence-corrected chi connectivity index (χ1v) is 9.14. The summed E-state index contributed by atoms with van der Waals surface area (Å²) >= 11 is 0. The van der Waals surface area contributed by atoms with Crippen molar-refractivity contribution in [1.29, 1.82) is 0 Å². The Morgan fingerprint density at radius 3 is 2.14 bits per heavy atom. The fraction of sp³-hybridized carbons (Fsp3) is 0.700. The lowest BCUT2D eigenvalue weighted by Gasteiger charge is -2.34. The van der Waals surface area contributed by atoms with Crippen LogP contribution in [0.2, 0.25) is 0 Å². The summed E-state index contributed by atoms with van der Waals surface area (Å²) in [6.07, 6.45) is 5.59. The van der Waals surface area contributed by atoms with Crippen molar-refractivity contribution >= 4 is 0 Å². The summed E-state index contributed by atoms with van der Waals surface area (Å²) < 4.78 is 0. The Hall–Kier alpha value is -0.860. The topological polar surface area (TPSA) is 6.48 Å². The fourth-order valence-electron chi connectivity index (χ4n) is 3.19. The molecule has 124 valence electrons. The van der Waals surface area contributed by atoms with E-state index < -0.39 is 0 Å². The van der Waals surface area contributed by atoms with Crippen molar-refractivity contribution < 1.29 is 0 Å². The predicted molar refractivity (Wildman–Crippen MR) is 96.2 cm³/mol. The van der Waals surface area contributed by atoms with E-state index in [-0.39, 0.29) is 0 Å². The molecule has 1 aromatic carbocycles. The Bertz CT molecular complexity index is 402. The number of hydrogen-bond acceptors (Lipinski definition) is 2. The van der Waals surface area contributed by atoms with E-state index in [0.717, 1.165) is 12.5 Å². The highest BCUT2D eigenvalue weighted by atomic mass is 15.3. The smallest absolute Gasteiger partial charge is 0.0234 e. The largest absolute Gasteiger partial charge is 0.301 e. The number of piperazine rings is 1. The molecule has 0 atom stereocenters. The van der Waals surface area contributed by atoms with Crippen molar-refractivity contribution in [3.05, 3.63) is 35.4 Å². The first-order valence-electron chi connectivity index (χ1n) is 9.14. The van der Waals surface area contributed by atoms with Crippen LogP contribution in [0.3, 0.4) is 0 Å². The Kier molecular flexibility index (Phi) is 7.41. The van der Waals surface area contributed by atoms with Gasteiger partial charge in [0.1, 0.15) is 0 Å². The van der Waals surface area contributed by atoms with Crippen molar-refractivity contribution in [2.24, 2.45) is 5.92 Å². The van der Waals surface area contributed by atoms with E-state index >= 15 is 0 Å². The highest BCUT2D eigenvalue weighted by molar-refractivity contribution is 5.21. The van der Waals surface area contributed by atoms with Gasteiger partial charge in [-0.15, -0.1) is 0 Å². The average molecular weight is 303 g/mol. The lowest BCUT2D eigenvalue weighted by Crippen LogP contribution is -2.46. The molecule has 1 saturated heterocycles. The summed E-state index contributed by atoms with van der Waals surface area (Å²) in [7, 11) is 0. The summed E-state index contributed by atoms with van der Waals surface area (Å²) in [6.45, 7) is 14.2. The first-order chi connectivity index (χ1) is 10.6.